The van der Waals surface area contributed by atoms with Crippen LogP contribution >= 0.6 is 0 Å². The highest BCUT2D eigenvalue weighted by molar-refractivity contribution is 5.77. The van der Waals surface area contributed by atoms with Crippen LogP contribution in [0.25, 0.3) is 0 Å². The molecule has 1 fully saturated rings. The van der Waals surface area contributed by atoms with E-state index >= 15 is 0 Å². The van der Waals surface area contributed by atoms with E-state index in [0.29, 0.717) is 31.9 Å². The fraction of sp³-hybridized carbons (Fsp3) is 0.889. The molecule has 0 aromatic rings. The van der Waals surface area contributed by atoms with Crippen molar-refractivity contribution in [1.29, 1.82) is 0 Å². The van der Waals surface area contributed by atoms with Crippen molar-refractivity contribution in [3.63, 3.8) is 0 Å². The zero-order valence-electron chi connectivity index (χ0n) is 14.6. The number of amides is 1. The Bertz CT molecular complexity index is 335. The maximum Gasteiger partial charge on any atom is 0.307 e. The van der Waals surface area contributed by atoms with Crippen LogP contribution in [0.1, 0.15) is 72.1 Å². The maximum absolute atomic E-state index is 12.5. The Kier molecular flexibility index (Phi) is 9.17. The number of hydrogen-bond donors (Lipinski definition) is 0. The van der Waals surface area contributed by atoms with Crippen molar-refractivity contribution in [3.05, 3.63) is 0 Å². The van der Waals surface area contributed by atoms with E-state index in [4.69, 9.17) is 4.74 Å². The van der Waals surface area contributed by atoms with Crippen LogP contribution in [0.15, 0.2) is 0 Å². The summed E-state index contributed by atoms with van der Waals surface area (Å²) in [5.41, 5.74) is 0. The van der Waals surface area contributed by atoms with Crippen LogP contribution in [-0.2, 0) is 14.3 Å². The van der Waals surface area contributed by atoms with Gasteiger partial charge >= 0.3 is 5.97 Å². The fourth-order valence-corrected chi connectivity index (χ4v) is 3.18. The van der Waals surface area contributed by atoms with Gasteiger partial charge < -0.3 is 9.64 Å². The third-order valence-corrected chi connectivity index (χ3v) is 4.32. The van der Waals surface area contributed by atoms with Crippen molar-refractivity contribution >= 4 is 11.9 Å². The van der Waals surface area contributed by atoms with Gasteiger partial charge in [0, 0.05) is 19.5 Å². The van der Waals surface area contributed by atoms with E-state index in [-0.39, 0.29) is 11.9 Å². The molecule has 4 heteroatoms. The molecule has 0 unspecified atom stereocenters. The van der Waals surface area contributed by atoms with Crippen LogP contribution < -0.4 is 0 Å². The van der Waals surface area contributed by atoms with Gasteiger partial charge in [0.1, 0.15) is 0 Å². The average molecular weight is 311 g/mol. The molecule has 0 aliphatic heterocycles. The summed E-state index contributed by atoms with van der Waals surface area (Å²) in [5, 5.41) is 0. The van der Waals surface area contributed by atoms with E-state index in [1.54, 1.807) is 6.92 Å². The van der Waals surface area contributed by atoms with Crippen LogP contribution in [-0.4, -0.2) is 36.5 Å². The van der Waals surface area contributed by atoms with Crippen LogP contribution in [0.5, 0.6) is 0 Å². The third kappa shape index (κ3) is 7.81. The second-order valence-corrected chi connectivity index (χ2v) is 6.83. The fourth-order valence-electron chi connectivity index (χ4n) is 3.18. The smallest absolute Gasteiger partial charge is 0.307 e. The highest BCUT2D eigenvalue weighted by Gasteiger charge is 2.19. The zero-order valence-corrected chi connectivity index (χ0v) is 14.6. The first-order valence-electron chi connectivity index (χ1n) is 8.96. The van der Waals surface area contributed by atoms with Crippen molar-refractivity contribution in [2.75, 3.05) is 19.7 Å². The van der Waals surface area contributed by atoms with Gasteiger partial charge in [-0.2, -0.15) is 0 Å². The lowest BCUT2D eigenvalue weighted by Gasteiger charge is -2.26. The Morgan fingerprint density at radius 1 is 1.14 bits per heavy atom. The van der Waals surface area contributed by atoms with Gasteiger partial charge in [-0.25, -0.2) is 0 Å². The summed E-state index contributed by atoms with van der Waals surface area (Å²) < 4.78 is 4.96. The predicted octanol–water partition coefficient (Wildman–Crippen LogP) is 3.78. The van der Waals surface area contributed by atoms with Gasteiger partial charge in [0.25, 0.3) is 0 Å². The van der Waals surface area contributed by atoms with Crippen molar-refractivity contribution < 1.29 is 14.3 Å². The highest BCUT2D eigenvalue weighted by Crippen LogP contribution is 2.27. The van der Waals surface area contributed by atoms with Crippen LogP contribution in [0.4, 0.5) is 0 Å². The van der Waals surface area contributed by atoms with Gasteiger partial charge in [0.05, 0.1) is 13.0 Å². The normalized spacial score (nSPS) is 15.8. The van der Waals surface area contributed by atoms with Crippen molar-refractivity contribution in [1.82, 2.24) is 4.90 Å². The number of carbonyl (C=O) groups is 2. The number of rotatable bonds is 9. The first kappa shape index (κ1) is 19.0. The first-order chi connectivity index (χ1) is 10.5. The van der Waals surface area contributed by atoms with E-state index in [9.17, 15) is 9.59 Å². The third-order valence-electron chi connectivity index (χ3n) is 4.32. The zero-order chi connectivity index (χ0) is 16.4. The first-order valence-corrected chi connectivity index (χ1v) is 8.96. The largest absolute Gasteiger partial charge is 0.466 e. The SMILES string of the molecule is CCOC(=O)CCN(CC(C)C)C(=O)CCC1CCCCC1. The Morgan fingerprint density at radius 3 is 2.41 bits per heavy atom. The molecule has 0 N–H and O–H groups in total. The highest BCUT2D eigenvalue weighted by atomic mass is 16.5. The summed E-state index contributed by atoms with van der Waals surface area (Å²) in [7, 11) is 0. The van der Waals surface area contributed by atoms with E-state index in [1.165, 1.54) is 32.1 Å². The topological polar surface area (TPSA) is 46.6 Å². The molecular formula is C18H33NO3. The lowest BCUT2D eigenvalue weighted by atomic mass is 9.86. The Morgan fingerprint density at radius 2 is 1.82 bits per heavy atom. The van der Waals surface area contributed by atoms with Crippen LogP contribution in [0, 0.1) is 11.8 Å². The van der Waals surface area contributed by atoms with Gasteiger partial charge in [0.15, 0.2) is 0 Å². The van der Waals surface area contributed by atoms with Crippen LogP contribution in [0.2, 0.25) is 0 Å². The molecule has 0 aromatic carbocycles. The van der Waals surface area contributed by atoms with E-state index in [1.807, 2.05) is 4.90 Å². The molecule has 0 heterocycles. The minimum absolute atomic E-state index is 0.198. The minimum atomic E-state index is -0.212. The molecule has 0 spiro atoms. The van der Waals surface area contributed by atoms with E-state index in [0.717, 1.165) is 18.9 Å². The van der Waals surface area contributed by atoms with Crippen molar-refractivity contribution in [2.45, 2.75) is 72.1 Å². The molecular weight excluding hydrogens is 278 g/mol. The molecule has 22 heavy (non-hydrogen) atoms. The summed E-state index contributed by atoms with van der Waals surface area (Å²) in [4.78, 5) is 25.8. The summed E-state index contributed by atoms with van der Waals surface area (Å²) >= 11 is 0. The van der Waals surface area contributed by atoms with Crippen LogP contribution in [0.3, 0.4) is 0 Å². The molecule has 4 nitrogen and oxygen atoms in total. The van der Waals surface area contributed by atoms with Crippen molar-refractivity contribution in [2.24, 2.45) is 11.8 Å². The second kappa shape index (κ2) is 10.6. The molecule has 0 saturated heterocycles. The number of hydrogen-bond acceptors (Lipinski definition) is 3. The molecule has 0 aromatic heterocycles. The molecule has 1 aliphatic rings. The number of nitrogens with zero attached hydrogens (tertiary/aromatic N) is 1. The van der Waals surface area contributed by atoms with Gasteiger partial charge in [-0.05, 0) is 25.2 Å². The van der Waals surface area contributed by atoms with Gasteiger partial charge in [-0.15, -0.1) is 0 Å². The summed E-state index contributed by atoms with van der Waals surface area (Å²) in [5.74, 6) is 1.13. The van der Waals surface area contributed by atoms with Crippen molar-refractivity contribution in [3.8, 4) is 0 Å². The maximum atomic E-state index is 12.5. The number of carbonyl (C=O) groups excluding carboxylic acids is 2. The van der Waals surface area contributed by atoms with E-state index in [2.05, 4.69) is 13.8 Å². The average Bonchev–Trinajstić information content (AvgIpc) is 2.50. The lowest BCUT2D eigenvalue weighted by molar-refractivity contribution is -0.144. The van der Waals surface area contributed by atoms with Gasteiger partial charge in [-0.1, -0.05) is 46.0 Å². The second-order valence-electron chi connectivity index (χ2n) is 6.83. The molecule has 1 rings (SSSR count). The molecule has 0 atom stereocenters. The molecule has 128 valence electrons. The number of esters is 1. The molecule has 0 bridgehead atoms. The Hall–Kier alpha value is -1.06. The minimum Gasteiger partial charge on any atom is -0.466 e. The quantitative estimate of drug-likeness (QED) is 0.609. The molecule has 0 radical (unpaired) electrons. The summed E-state index contributed by atoms with van der Waals surface area (Å²) in [6.07, 6.45) is 8.47. The molecule has 1 saturated carbocycles. The van der Waals surface area contributed by atoms with Gasteiger partial charge in [-0.3, -0.25) is 9.59 Å². The summed E-state index contributed by atoms with van der Waals surface area (Å²) in [6.45, 7) is 7.62. The Labute approximate surface area is 135 Å². The molecule has 1 amide bonds. The number of ether oxygens (including phenoxy) is 1. The van der Waals surface area contributed by atoms with Gasteiger partial charge in [0.2, 0.25) is 5.91 Å². The standard InChI is InChI=1S/C18H33NO3/c1-4-22-18(21)12-13-19(14-15(2)3)17(20)11-10-16-8-6-5-7-9-16/h15-16H,4-14H2,1-3H3. The summed E-state index contributed by atoms with van der Waals surface area (Å²) in [6, 6.07) is 0. The lowest BCUT2D eigenvalue weighted by Crippen LogP contribution is -2.36. The predicted molar refractivity (Wildman–Crippen MR) is 88.5 cm³/mol. The monoisotopic (exact) mass is 311 g/mol. The van der Waals surface area contributed by atoms with E-state index < -0.39 is 0 Å². The molecule has 1 aliphatic carbocycles. The Balaban J connectivity index is 2.39.